The topological polar surface area (TPSA) is 63.4 Å². The molecule has 1 unspecified atom stereocenters. The molecule has 4 heteroatoms. The van der Waals surface area contributed by atoms with E-state index in [0.29, 0.717) is 18.0 Å². The predicted octanol–water partition coefficient (Wildman–Crippen LogP) is 2.32. The largest absolute Gasteiger partial charge is 0.369 e. The molecule has 1 atom stereocenters. The normalized spacial score (nSPS) is 12.7. The van der Waals surface area contributed by atoms with E-state index in [4.69, 9.17) is 5.73 Å². The van der Waals surface area contributed by atoms with E-state index < -0.39 is 5.91 Å². The molecule has 4 nitrogen and oxygen atoms in total. The molecule has 0 spiro atoms. The van der Waals surface area contributed by atoms with Crippen LogP contribution in [0, 0.1) is 19.8 Å². The Labute approximate surface area is 127 Å². The Balaban J connectivity index is 2.95. The van der Waals surface area contributed by atoms with Crippen LogP contribution in [-0.4, -0.2) is 35.7 Å². The van der Waals surface area contributed by atoms with Gasteiger partial charge in [-0.3, -0.25) is 14.5 Å². The first-order valence-corrected chi connectivity index (χ1v) is 7.36. The van der Waals surface area contributed by atoms with Crippen molar-refractivity contribution in [2.75, 3.05) is 13.1 Å². The first kappa shape index (κ1) is 17.4. The molecule has 21 heavy (non-hydrogen) atoms. The molecule has 2 N–H and O–H groups in total. The Morgan fingerprint density at radius 2 is 1.76 bits per heavy atom. The molecular formula is C17H26N2O2. The number of rotatable bonds is 7. The maximum absolute atomic E-state index is 12.6. The van der Waals surface area contributed by atoms with Crippen molar-refractivity contribution in [3.05, 3.63) is 34.9 Å². The van der Waals surface area contributed by atoms with Crippen molar-refractivity contribution in [3.63, 3.8) is 0 Å². The van der Waals surface area contributed by atoms with E-state index in [1.54, 1.807) is 0 Å². The number of amides is 1. The van der Waals surface area contributed by atoms with E-state index in [1.165, 1.54) is 0 Å². The SMILES string of the molecule is Cc1ccc(C(=O)C(C)N(CC(N)=O)CC(C)C)cc1C. The molecule has 0 saturated carbocycles. The van der Waals surface area contributed by atoms with Crippen LogP contribution in [0.3, 0.4) is 0 Å². The standard InChI is InChI=1S/C17H26N2O2/c1-11(2)9-19(10-16(18)20)14(5)17(21)15-7-6-12(3)13(4)8-15/h6-8,11,14H,9-10H2,1-5H3,(H2,18,20). The number of nitrogens with zero attached hydrogens (tertiary/aromatic N) is 1. The number of carbonyl (C=O) groups is 2. The summed E-state index contributed by atoms with van der Waals surface area (Å²) in [4.78, 5) is 25.7. The van der Waals surface area contributed by atoms with Gasteiger partial charge in [0.05, 0.1) is 12.6 Å². The van der Waals surface area contributed by atoms with Crippen LogP contribution in [-0.2, 0) is 4.79 Å². The third-order valence-corrected chi connectivity index (χ3v) is 3.68. The number of nitrogens with two attached hydrogens (primary N) is 1. The van der Waals surface area contributed by atoms with Gasteiger partial charge in [-0.05, 0) is 43.9 Å². The van der Waals surface area contributed by atoms with Crippen LogP contribution >= 0.6 is 0 Å². The van der Waals surface area contributed by atoms with Crippen LogP contribution in [0.2, 0.25) is 0 Å². The van der Waals surface area contributed by atoms with E-state index in [-0.39, 0.29) is 18.4 Å². The monoisotopic (exact) mass is 290 g/mol. The number of carbonyl (C=O) groups excluding carboxylic acids is 2. The average molecular weight is 290 g/mol. The number of ketones is 1. The van der Waals surface area contributed by atoms with Gasteiger partial charge < -0.3 is 5.73 Å². The van der Waals surface area contributed by atoms with Gasteiger partial charge >= 0.3 is 0 Å². The van der Waals surface area contributed by atoms with Gasteiger partial charge in [-0.2, -0.15) is 0 Å². The van der Waals surface area contributed by atoms with Gasteiger partial charge in [-0.15, -0.1) is 0 Å². The van der Waals surface area contributed by atoms with Crippen molar-refractivity contribution in [1.29, 1.82) is 0 Å². The lowest BCUT2D eigenvalue weighted by Crippen LogP contribution is -2.45. The lowest BCUT2D eigenvalue weighted by atomic mass is 9.99. The number of benzene rings is 1. The zero-order valence-corrected chi connectivity index (χ0v) is 13.6. The number of hydrogen-bond acceptors (Lipinski definition) is 3. The van der Waals surface area contributed by atoms with E-state index in [9.17, 15) is 9.59 Å². The maximum Gasteiger partial charge on any atom is 0.231 e. The lowest BCUT2D eigenvalue weighted by Gasteiger charge is -2.28. The zero-order valence-electron chi connectivity index (χ0n) is 13.6. The first-order chi connectivity index (χ1) is 9.72. The summed E-state index contributed by atoms with van der Waals surface area (Å²) < 4.78 is 0. The second kappa shape index (κ2) is 7.36. The van der Waals surface area contributed by atoms with E-state index in [2.05, 4.69) is 13.8 Å². The fraction of sp³-hybridized carbons (Fsp3) is 0.529. The molecule has 0 heterocycles. The van der Waals surface area contributed by atoms with E-state index in [1.807, 2.05) is 43.9 Å². The summed E-state index contributed by atoms with van der Waals surface area (Å²) in [7, 11) is 0. The summed E-state index contributed by atoms with van der Waals surface area (Å²) in [6.45, 7) is 10.7. The second-order valence-corrected chi connectivity index (χ2v) is 6.13. The number of primary amides is 1. The van der Waals surface area contributed by atoms with Gasteiger partial charge in [0, 0.05) is 12.1 Å². The second-order valence-electron chi connectivity index (χ2n) is 6.13. The highest BCUT2D eigenvalue weighted by molar-refractivity contribution is 6.00. The minimum atomic E-state index is -0.407. The molecular weight excluding hydrogens is 264 g/mol. The molecule has 1 rings (SSSR count). The summed E-state index contributed by atoms with van der Waals surface area (Å²) in [6, 6.07) is 5.35. The fourth-order valence-electron chi connectivity index (χ4n) is 2.33. The van der Waals surface area contributed by atoms with Gasteiger partial charge in [0.25, 0.3) is 0 Å². The zero-order chi connectivity index (χ0) is 16.2. The van der Waals surface area contributed by atoms with Crippen LogP contribution < -0.4 is 5.73 Å². The molecule has 0 aromatic heterocycles. The number of hydrogen-bond donors (Lipinski definition) is 1. The average Bonchev–Trinajstić information content (AvgIpc) is 2.38. The van der Waals surface area contributed by atoms with Crippen LogP contribution in [0.5, 0.6) is 0 Å². The summed E-state index contributed by atoms with van der Waals surface area (Å²) in [5.41, 5.74) is 8.24. The molecule has 0 radical (unpaired) electrons. The fourth-order valence-corrected chi connectivity index (χ4v) is 2.33. The van der Waals surface area contributed by atoms with Crippen LogP contribution in [0.1, 0.15) is 42.3 Å². The summed E-state index contributed by atoms with van der Waals surface area (Å²) >= 11 is 0. The number of Topliss-reactive ketones (excluding diaryl/α,β-unsaturated/α-hetero) is 1. The highest BCUT2D eigenvalue weighted by Crippen LogP contribution is 2.15. The molecule has 0 aliphatic rings. The van der Waals surface area contributed by atoms with Crippen LogP contribution in [0.25, 0.3) is 0 Å². The van der Waals surface area contributed by atoms with Gasteiger partial charge in [-0.25, -0.2) is 0 Å². The van der Waals surface area contributed by atoms with Gasteiger partial charge in [0.15, 0.2) is 5.78 Å². The third kappa shape index (κ3) is 4.97. The van der Waals surface area contributed by atoms with Gasteiger partial charge in [0.2, 0.25) is 5.91 Å². The van der Waals surface area contributed by atoms with Crippen molar-refractivity contribution in [3.8, 4) is 0 Å². The lowest BCUT2D eigenvalue weighted by molar-refractivity contribution is -0.119. The van der Waals surface area contributed by atoms with Crippen molar-refractivity contribution >= 4 is 11.7 Å². The Bertz CT molecular complexity index is 524. The molecule has 116 valence electrons. The molecule has 1 amide bonds. The third-order valence-electron chi connectivity index (χ3n) is 3.68. The maximum atomic E-state index is 12.6. The summed E-state index contributed by atoms with van der Waals surface area (Å²) in [5.74, 6) is -0.0188. The molecule has 0 bridgehead atoms. The van der Waals surface area contributed by atoms with Crippen molar-refractivity contribution in [2.45, 2.75) is 40.7 Å². The summed E-state index contributed by atoms with van der Waals surface area (Å²) in [5, 5.41) is 0. The summed E-state index contributed by atoms with van der Waals surface area (Å²) in [6.07, 6.45) is 0. The minimum Gasteiger partial charge on any atom is -0.369 e. The first-order valence-electron chi connectivity index (χ1n) is 7.36. The quantitative estimate of drug-likeness (QED) is 0.784. The Morgan fingerprint density at radius 1 is 1.14 bits per heavy atom. The molecule has 0 fully saturated rings. The highest BCUT2D eigenvalue weighted by Gasteiger charge is 2.24. The smallest absolute Gasteiger partial charge is 0.231 e. The van der Waals surface area contributed by atoms with Crippen molar-refractivity contribution in [1.82, 2.24) is 4.90 Å². The predicted molar refractivity (Wildman–Crippen MR) is 85.3 cm³/mol. The number of aryl methyl sites for hydroxylation is 2. The van der Waals surface area contributed by atoms with E-state index >= 15 is 0 Å². The molecule has 0 aliphatic heterocycles. The Kier molecular flexibility index (Phi) is 6.09. The molecule has 1 aromatic rings. The van der Waals surface area contributed by atoms with Crippen LogP contribution in [0.4, 0.5) is 0 Å². The highest BCUT2D eigenvalue weighted by atomic mass is 16.1. The Hall–Kier alpha value is -1.68. The Morgan fingerprint density at radius 3 is 2.24 bits per heavy atom. The minimum absolute atomic E-state index is 0.0278. The van der Waals surface area contributed by atoms with E-state index in [0.717, 1.165) is 11.1 Å². The van der Waals surface area contributed by atoms with Crippen LogP contribution in [0.15, 0.2) is 18.2 Å². The molecule has 0 saturated heterocycles. The van der Waals surface area contributed by atoms with Crippen molar-refractivity contribution < 1.29 is 9.59 Å². The van der Waals surface area contributed by atoms with Gasteiger partial charge in [0.1, 0.15) is 0 Å². The molecule has 1 aromatic carbocycles. The van der Waals surface area contributed by atoms with Crippen molar-refractivity contribution in [2.24, 2.45) is 11.7 Å². The van der Waals surface area contributed by atoms with Gasteiger partial charge in [-0.1, -0.05) is 26.0 Å². The molecule has 0 aliphatic carbocycles.